The predicted molar refractivity (Wildman–Crippen MR) is 155 cm³/mol. The molecule has 39 heavy (non-hydrogen) atoms. The highest BCUT2D eigenvalue weighted by Gasteiger charge is 2.73. The average Bonchev–Trinajstić information content (AvgIpc) is 3.52. The van der Waals surface area contributed by atoms with E-state index in [1.165, 1.54) is 70.6 Å². The van der Waals surface area contributed by atoms with Crippen LogP contribution in [0.4, 0.5) is 0 Å². The molecule has 1 amide bonds. The first-order chi connectivity index (χ1) is 18.4. The highest BCUT2D eigenvalue weighted by Crippen LogP contribution is 2.79. The van der Waals surface area contributed by atoms with Gasteiger partial charge in [0.25, 0.3) is 0 Å². The summed E-state index contributed by atoms with van der Waals surface area (Å²) in [7, 11) is 0. The van der Waals surface area contributed by atoms with Crippen molar-refractivity contribution in [2.45, 2.75) is 131 Å². The van der Waals surface area contributed by atoms with Crippen molar-refractivity contribution in [3.05, 3.63) is 0 Å². The Hall–Kier alpha value is -0.610. The van der Waals surface area contributed by atoms with Crippen LogP contribution in [0, 0.1) is 62.1 Å². The second-order valence-electron chi connectivity index (χ2n) is 17.6. The smallest absolute Gasteiger partial charge is 0.209 e. The molecule has 1 unspecified atom stereocenters. The minimum atomic E-state index is -0.151. The zero-order chi connectivity index (χ0) is 27.6. The van der Waals surface area contributed by atoms with E-state index in [0.29, 0.717) is 34.2 Å². The molecular weight excluding hydrogens is 482 g/mol. The second-order valence-corrected chi connectivity index (χ2v) is 17.6. The molecule has 1 aliphatic heterocycles. The van der Waals surface area contributed by atoms with Crippen LogP contribution in [0.5, 0.6) is 0 Å². The van der Waals surface area contributed by atoms with Crippen molar-refractivity contribution in [3.63, 3.8) is 0 Å². The largest absolute Gasteiger partial charge is 0.393 e. The molecule has 4 nitrogen and oxygen atoms in total. The van der Waals surface area contributed by atoms with Crippen LogP contribution in [0.2, 0.25) is 0 Å². The number of rotatable bonds is 3. The third-order valence-electron chi connectivity index (χ3n) is 16.3. The van der Waals surface area contributed by atoms with E-state index in [9.17, 15) is 9.90 Å². The summed E-state index contributed by atoms with van der Waals surface area (Å²) in [5.41, 5.74) is 1.88. The van der Waals surface area contributed by atoms with Crippen LogP contribution in [-0.4, -0.2) is 48.3 Å². The van der Waals surface area contributed by atoms with Crippen LogP contribution >= 0.6 is 0 Å². The molecule has 4 heteroatoms. The Balaban J connectivity index is 1.27. The first-order valence-corrected chi connectivity index (χ1v) is 16.8. The number of aliphatic hydroxyl groups excluding tert-OH is 1. The number of carbonyl (C=O) groups excluding carboxylic acids is 1. The van der Waals surface area contributed by atoms with E-state index in [1.807, 2.05) is 4.90 Å². The maximum atomic E-state index is 11.9. The van der Waals surface area contributed by atoms with Crippen molar-refractivity contribution in [2.75, 3.05) is 19.7 Å². The highest BCUT2D eigenvalue weighted by molar-refractivity contribution is 5.47. The summed E-state index contributed by atoms with van der Waals surface area (Å²) in [6.07, 6.45) is 16.8. The van der Waals surface area contributed by atoms with E-state index in [1.54, 1.807) is 0 Å². The molecule has 0 aromatic heterocycles. The fourth-order valence-corrected chi connectivity index (χ4v) is 13.6. The Bertz CT molecular complexity index is 1010. The van der Waals surface area contributed by atoms with Crippen molar-refractivity contribution >= 4 is 6.41 Å². The van der Waals surface area contributed by atoms with Crippen molar-refractivity contribution in [2.24, 2.45) is 62.1 Å². The zero-order valence-corrected chi connectivity index (χ0v) is 25.9. The van der Waals surface area contributed by atoms with Crippen LogP contribution in [0.3, 0.4) is 0 Å². The lowest BCUT2D eigenvalue weighted by molar-refractivity contribution is -0.259. The molecule has 6 saturated carbocycles. The number of morpholine rings is 1. The van der Waals surface area contributed by atoms with Gasteiger partial charge in [0.15, 0.2) is 0 Å². The number of fused-ring (bicyclic) bond motifs is 7. The molecule has 11 atom stereocenters. The molecule has 1 N–H and O–H groups in total. The predicted octanol–water partition coefficient (Wildman–Crippen LogP) is 7.09. The molecule has 1 heterocycles. The van der Waals surface area contributed by atoms with E-state index in [4.69, 9.17) is 4.74 Å². The molecule has 0 aromatic carbocycles. The quantitative estimate of drug-likeness (QED) is 0.390. The summed E-state index contributed by atoms with van der Waals surface area (Å²) < 4.78 is 6.68. The Kier molecular flexibility index (Phi) is 5.93. The van der Waals surface area contributed by atoms with Crippen molar-refractivity contribution in [1.29, 1.82) is 0 Å². The van der Waals surface area contributed by atoms with E-state index < -0.39 is 0 Å². The molecule has 1 saturated heterocycles. The Morgan fingerprint density at radius 2 is 1.54 bits per heavy atom. The number of nitrogens with zero attached hydrogens (tertiary/aromatic N) is 1. The van der Waals surface area contributed by atoms with Gasteiger partial charge in [0.05, 0.1) is 18.8 Å². The lowest BCUT2D eigenvalue weighted by atomic mass is 9.32. The number of hydrogen-bond acceptors (Lipinski definition) is 3. The van der Waals surface area contributed by atoms with Crippen LogP contribution in [0.15, 0.2) is 0 Å². The van der Waals surface area contributed by atoms with Gasteiger partial charge in [-0.25, -0.2) is 0 Å². The molecule has 7 rings (SSSR count). The molecule has 7 aliphatic rings. The first kappa shape index (κ1) is 27.2. The molecular formula is C35H57NO3. The maximum Gasteiger partial charge on any atom is 0.209 e. The van der Waals surface area contributed by atoms with Crippen molar-refractivity contribution in [3.8, 4) is 0 Å². The minimum absolute atomic E-state index is 0.0215. The molecule has 7 fully saturated rings. The number of amides is 1. The van der Waals surface area contributed by atoms with Crippen molar-refractivity contribution < 1.29 is 14.6 Å². The molecule has 0 bridgehead atoms. The van der Waals surface area contributed by atoms with Gasteiger partial charge in [-0.2, -0.15) is 0 Å². The Morgan fingerprint density at radius 1 is 0.769 bits per heavy atom. The standard InChI is InChI=1S/C35H57NO3/c1-30(2)25-10-13-34(6)26(32(25,4)12-11-27(30)38)8-7-24-29-23(31(3)15-16-31)9-14-35(29,18-17-33(24,34)5)28-21-36(22-37)19-20-39-28/h22-29,38H,7-21H2,1-6H3/t23-,24-,25+,26-,27+,28?,29-,32+,33-,34-,35-/m1/s1. The summed E-state index contributed by atoms with van der Waals surface area (Å²) in [6.45, 7) is 17.8. The Morgan fingerprint density at radius 3 is 2.26 bits per heavy atom. The van der Waals surface area contributed by atoms with Gasteiger partial charge in [0, 0.05) is 18.5 Å². The van der Waals surface area contributed by atoms with Gasteiger partial charge in [-0.15, -0.1) is 0 Å². The van der Waals surface area contributed by atoms with Gasteiger partial charge in [-0.05, 0) is 134 Å². The van der Waals surface area contributed by atoms with E-state index in [0.717, 1.165) is 49.6 Å². The topological polar surface area (TPSA) is 49.8 Å². The van der Waals surface area contributed by atoms with Gasteiger partial charge in [0.2, 0.25) is 6.41 Å². The van der Waals surface area contributed by atoms with Crippen LogP contribution in [0.1, 0.15) is 119 Å². The summed E-state index contributed by atoms with van der Waals surface area (Å²) in [4.78, 5) is 13.9. The first-order valence-electron chi connectivity index (χ1n) is 16.8. The van der Waals surface area contributed by atoms with Gasteiger partial charge in [-0.3, -0.25) is 4.79 Å². The van der Waals surface area contributed by atoms with Crippen LogP contribution in [-0.2, 0) is 9.53 Å². The molecule has 0 radical (unpaired) electrons. The van der Waals surface area contributed by atoms with Gasteiger partial charge < -0.3 is 14.7 Å². The lowest BCUT2D eigenvalue weighted by Gasteiger charge is -2.73. The average molecular weight is 540 g/mol. The van der Waals surface area contributed by atoms with E-state index >= 15 is 0 Å². The zero-order valence-electron chi connectivity index (χ0n) is 25.9. The number of hydrogen-bond donors (Lipinski definition) is 1. The normalized spacial score (nSPS) is 55.6. The third kappa shape index (κ3) is 3.40. The number of ether oxygens (including phenoxy) is 1. The summed E-state index contributed by atoms with van der Waals surface area (Å²) in [5, 5.41) is 11.1. The molecule has 220 valence electrons. The van der Waals surface area contributed by atoms with Crippen LogP contribution in [0.25, 0.3) is 0 Å². The molecule has 6 aliphatic carbocycles. The summed E-state index contributed by atoms with van der Waals surface area (Å²) >= 11 is 0. The number of carbonyl (C=O) groups is 1. The van der Waals surface area contributed by atoms with Gasteiger partial charge in [0.1, 0.15) is 0 Å². The van der Waals surface area contributed by atoms with Gasteiger partial charge in [-0.1, -0.05) is 41.5 Å². The van der Waals surface area contributed by atoms with E-state index in [2.05, 4.69) is 41.5 Å². The third-order valence-corrected chi connectivity index (χ3v) is 16.3. The maximum absolute atomic E-state index is 11.9. The van der Waals surface area contributed by atoms with Crippen molar-refractivity contribution in [1.82, 2.24) is 4.90 Å². The highest BCUT2D eigenvalue weighted by atomic mass is 16.5. The Labute approximate surface area is 238 Å². The SMILES string of the molecule is CC1([C@@H]2CC[C@]3(C4CN(C=O)CCO4)CC[C@]4(C)[C@H](CC[C@@H]5[C@@]6(C)CC[C@H](O)C(C)(C)[C@@H]6CC[C@]54C)[C@@H]23)CC1. The second kappa shape index (κ2) is 8.48. The lowest BCUT2D eigenvalue weighted by Crippen LogP contribution is -2.68. The monoisotopic (exact) mass is 539 g/mol. The van der Waals surface area contributed by atoms with Gasteiger partial charge >= 0.3 is 0 Å². The minimum Gasteiger partial charge on any atom is -0.393 e. The molecule has 0 spiro atoms. The molecule has 0 aromatic rings. The summed E-state index contributed by atoms with van der Waals surface area (Å²) in [6, 6.07) is 0. The number of aliphatic hydroxyl groups is 1. The van der Waals surface area contributed by atoms with E-state index in [-0.39, 0.29) is 23.0 Å². The van der Waals surface area contributed by atoms with Crippen LogP contribution < -0.4 is 0 Å². The fraction of sp³-hybridized carbons (Fsp3) is 0.971. The fourth-order valence-electron chi connectivity index (χ4n) is 13.6. The summed E-state index contributed by atoms with van der Waals surface area (Å²) in [5.74, 6) is 3.73.